The zero-order valence-electron chi connectivity index (χ0n) is 6.67. The lowest BCUT2D eigenvalue weighted by atomic mass is 10.3. The Morgan fingerprint density at radius 1 is 1.75 bits per heavy atom. The van der Waals surface area contributed by atoms with Gasteiger partial charge in [-0.25, -0.2) is 0 Å². The molecule has 64 valence electrons. The molecule has 0 bridgehead atoms. The molecule has 0 radical (unpaired) electrons. The van der Waals surface area contributed by atoms with Gasteiger partial charge in [-0.3, -0.25) is 10.4 Å². The molecule has 0 fully saturated rings. The summed E-state index contributed by atoms with van der Waals surface area (Å²) >= 11 is 3.31. The zero-order chi connectivity index (χ0) is 8.97. The van der Waals surface area contributed by atoms with Gasteiger partial charge in [-0.1, -0.05) is 0 Å². The lowest BCUT2D eigenvalue weighted by Gasteiger charge is -2.05. The van der Waals surface area contributed by atoms with Gasteiger partial charge in [-0.15, -0.1) is 0 Å². The average molecular weight is 229 g/mol. The van der Waals surface area contributed by atoms with Gasteiger partial charge in [0.1, 0.15) is 0 Å². The first-order chi connectivity index (χ1) is 5.75. The fourth-order valence-corrected chi connectivity index (χ4v) is 1.17. The van der Waals surface area contributed by atoms with E-state index in [9.17, 15) is 0 Å². The van der Waals surface area contributed by atoms with Gasteiger partial charge in [-0.05, 0) is 28.9 Å². The molecule has 3 nitrogen and oxygen atoms in total. The van der Waals surface area contributed by atoms with Crippen LogP contribution in [0.4, 0.5) is 0 Å². The van der Waals surface area contributed by atoms with Crippen LogP contribution in [0.15, 0.2) is 22.9 Å². The van der Waals surface area contributed by atoms with E-state index in [1.165, 1.54) is 0 Å². The standard InChI is InChI=1S/C8H9BrN2O/c1-2-12-8(10)6-5-11-4-3-7(6)9/h3-5,10H,2H2,1H3. The van der Waals surface area contributed by atoms with E-state index < -0.39 is 0 Å². The van der Waals surface area contributed by atoms with Crippen molar-refractivity contribution in [2.45, 2.75) is 6.92 Å². The van der Waals surface area contributed by atoms with E-state index in [1.807, 2.05) is 6.92 Å². The molecule has 0 aliphatic rings. The predicted molar refractivity (Wildman–Crippen MR) is 50.4 cm³/mol. The molecule has 0 spiro atoms. The van der Waals surface area contributed by atoms with Crippen LogP contribution in [0.3, 0.4) is 0 Å². The molecule has 1 aromatic heterocycles. The first-order valence-electron chi connectivity index (χ1n) is 3.57. The van der Waals surface area contributed by atoms with Crippen molar-refractivity contribution in [2.24, 2.45) is 0 Å². The summed E-state index contributed by atoms with van der Waals surface area (Å²) in [5.74, 6) is 0.150. The number of pyridine rings is 1. The number of rotatable bonds is 2. The summed E-state index contributed by atoms with van der Waals surface area (Å²) in [7, 11) is 0. The minimum Gasteiger partial charge on any atom is -0.478 e. The molecule has 1 rings (SSSR count). The van der Waals surface area contributed by atoms with Gasteiger partial charge in [0, 0.05) is 16.9 Å². The van der Waals surface area contributed by atoms with Gasteiger partial charge in [0.15, 0.2) is 0 Å². The van der Waals surface area contributed by atoms with Gasteiger partial charge >= 0.3 is 0 Å². The lowest BCUT2D eigenvalue weighted by Crippen LogP contribution is -2.05. The molecule has 0 aliphatic carbocycles. The molecule has 1 aromatic rings. The Balaban J connectivity index is 2.87. The van der Waals surface area contributed by atoms with Gasteiger partial charge in [0.05, 0.1) is 12.2 Å². The topological polar surface area (TPSA) is 46.0 Å². The van der Waals surface area contributed by atoms with Crippen LogP contribution in [0, 0.1) is 5.41 Å². The monoisotopic (exact) mass is 228 g/mol. The minimum absolute atomic E-state index is 0.150. The highest BCUT2D eigenvalue weighted by molar-refractivity contribution is 9.10. The molecule has 12 heavy (non-hydrogen) atoms. The van der Waals surface area contributed by atoms with Crippen LogP contribution in [0.1, 0.15) is 12.5 Å². The summed E-state index contributed by atoms with van der Waals surface area (Å²) in [6.07, 6.45) is 3.26. The molecule has 0 unspecified atom stereocenters. The Kier molecular flexibility index (Phi) is 3.22. The van der Waals surface area contributed by atoms with Crippen LogP contribution in [0.2, 0.25) is 0 Å². The quantitative estimate of drug-likeness (QED) is 0.624. The van der Waals surface area contributed by atoms with Crippen LogP contribution in [-0.2, 0) is 4.74 Å². The van der Waals surface area contributed by atoms with Gasteiger partial charge < -0.3 is 4.74 Å². The third-order valence-corrected chi connectivity index (χ3v) is 1.99. The third-order valence-electron chi connectivity index (χ3n) is 1.30. The summed E-state index contributed by atoms with van der Waals surface area (Å²) in [4.78, 5) is 3.90. The van der Waals surface area contributed by atoms with Crippen LogP contribution in [-0.4, -0.2) is 17.5 Å². The highest BCUT2D eigenvalue weighted by Gasteiger charge is 2.05. The van der Waals surface area contributed by atoms with Gasteiger partial charge in [-0.2, -0.15) is 0 Å². The highest BCUT2D eigenvalue weighted by atomic mass is 79.9. The molecular weight excluding hydrogens is 220 g/mol. The molecule has 0 saturated carbocycles. The first kappa shape index (κ1) is 9.19. The van der Waals surface area contributed by atoms with E-state index in [1.54, 1.807) is 18.5 Å². The van der Waals surface area contributed by atoms with E-state index in [0.717, 1.165) is 4.47 Å². The zero-order valence-corrected chi connectivity index (χ0v) is 8.26. The lowest BCUT2D eigenvalue weighted by molar-refractivity contribution is 0.325. The Bertz CT molecular complexity index is 288. The fraction of sp³-hybridized carbons (Fsp3) is 0.250. The second kappa shape index (κ2) is 4.21. The number of nitrogens with one attached hydrogen (secondary N) is 1. The second-order valence-electron chi connectivity index (χ2n) is 2.12. The molecule has 1 heterocycles. The second-order valence-corrected chi connectivity index (χ2v) is 2.97. The van der Waals surface area contributed by atoms with Gasteiger partial charge in [0.25, 0.3) is 0 Å². The normalized spacial score (nSPS) is 9.50. The first-order valence-corrected chi connectivity index (χ1v) is 4.36. The molecule has 1 N–H and O–H groups in total. The number of aromatic nitrogens is 1. The maximum atomic E-state index is 7.48. The van der Waals surface area contributed by atoms with Crippen LogP contribution in [0.25, 0.3) is 0 Å². The molecule has 0 atom stereocenters. The molecule has 0 amide bonds. The van der Waals surface area contributed by atoms with E-state index >= 15 is 0 Å². The number of hydrogen-bond donors (Lipinski definition) is 1. The van der Waals surface area contributed by atoms with E-state index in [-0.39, 0.29) is 5.90 Å². The van der Waals surface area contributed by atoms with Crippen molar-refractivity contribution in [1.29, 1.82) is 5.41 Å². The van der Waals surface area contributed by atoms with E-state index in [4.69, 9.17) is 10.1 Å². The summed E-state index contributed by atoms with van der Waals surface area (Å²) in [5.41, 5.74) is 0.680. The summed E-state index contributed by atoms with van der Waals surface area (Å²) in [6.45, 7) is 2.35. The molecule has 0 saturated heterocycles. The third kappa shape index (κ3) is 2.04. The largest absolute Gasteiger partial charge is 0.478 e. The Morgan fingerprint density at radius 2 is 2.50 bits per heavy atom. The van der Waals surface area contributed by atoms with Crippen molar-refractivity contribution in [3.05, 3.63) is 28.5 Å². The summed E-state index contributed by atoms with van der Waals surface area (Å²) < 4.78 is 5.85. The molecular formula is C8H9BrN2O. The highest BCUT2D eigenvalue weighted by Crippen LogP contribution is 2.15. The van der Waals surface area contributed by atoms with E-state index in [0.29, 0.717) is 12.2 Å². The Hall–Kier alpha value is -0.900. The van der Waals surface area contributed by atoms with Crippen molar-refractivity contribution in [3.63, 3.8) is 0 Å². The molecule has 0 aliphatic heterocycles. The SMILES string of the molecule is CCOC(=N)c1cnccc1Br. The van der Waals surface area contributed by atoms with Crippen LogP contribution < -0.4 is 0 Å². The smallest absolute Gasteiger partial charge is 0.215 e. The Labute approximate surface area is 79.4 Å². The summed E-state index contributed by atoms with van der Waals surface area (Å²) in [5, 5.41) is 7.48. The maximum Gasteiger partial charge on any atom is 0.215 e. The minimum atomic E-state index is 0.150. The maximum absolute atomic E-state index is 7.48. The van der Waals surface area contributed by atoms with Crippen LogP contribution in [0.5, 0.6) is 0 Å². The molecule has 0 aromatic carbocycles. The number of nitrogens with zero attached hydrogens (tertiary/aromatic N) is 1. The van der Waals surface area contributed by atoms with Crippen molar-refractivity contribution in [1.82, 2.24) is 4.98 Å². The van der Waals surface area contributed by atoms with Crippen molar-refractivity contribution >= 4 is 21.8 Å². The molecule has 4 heteroatoms. The van der Waals surface area contributed by atoms with Crippen molar-refractivity contribution < 1.29 is 4.74 Å². The summed E-state index contributed by atoms with van der Waals surface area (Å²) in [6, 6.07) is 1.78. The average Bonchev–Trinajstić information content (AvgIpc) is 2.05. The predicted octanol–water partition coefficient (Wildman–Crippen LogP) is 2.21. The number of halogens is 1. The van der Waals surface area contributed by atoms with Crippen molar-refractivity contribution in [3.8, 4) is 0 Å². The number of ether oxygens (including phenoxy) is 1. The van der Waals surface area contributed by atoms with E-state index in [2.05, 4.69) is 20.9 Å². The van der Waals surface area contributed by atoms with Gasteiger partial charge in [0.2, 0.25) is 5.90 Å². The van der Waals surface area contributed by atoms with Crippen molar-refractivity contribution in [2.75, 3.05) is 6.61 Å². The fourth-order valence-electron chi connectivity index (χ4n) is 0.767. The number of hydrogen-bond acceptors (Lipinski definition) is 3. The Morgan fingerprint density at radius 3 is 3.08 bits per heavy atom. The van der Waals surface area contributed by atoms with Crippen LogP contribution >= 0.6 is 15.9 Å².